The number of benzene rings is 1. The summed E-state index contributed by atoms with van der Waals surface area (Å²) in [5.74, 6) is 9.46. The molecule has 34 heavy (non-hydrogen) atoms. The van der Waals surface area contributed by atoms with Gasteiger partial charge in [0.25, 0.3) is 0 Å². The van der Waals surface area contributed by atoms with Crippen LogP contribution in [0.4, 0.5) is 11.4 Å². The summed E-state index contributed by atoms with van der Waals surface area (Å²) in [4.78, 5) is 8.36. The van der Waals surface area contributed by atoms with Crippen molar-refractivity contribution in [3.8, 4) is 0 Å². The van der Waals surface area contributed by atoms with Gasteiger partial charge in [0.05, 0.1) is 23.0 Å². The van der Waals surface area contributed by atoms with Gasteiger partial charge in [0.15, 0.2) is 0 Å². The number of nitrogens with zero attached hydrogens (tertiary/aromatic N) is 3. The number of hydrogen-bond donors (Lipinski definition) is 4. The molecule has 1 aromatic heterocycles. The molecule has 2 aromatic rings. The zero-order valence-corrected chi connectivity index (χ0v) is 21.0. The molecule has 1 heterocycles. The molecule has 184 valence electrons. The van der Waals surface area contributed by atoms with E-state index in [0.717, 1.165) is 40.3 Å². The van der Waals surface area contributed by atoms with Crippen LogP contribution in [0.3, 0.4) is 0 Å². The number of nitrogens with two attached hydrogens (primary N) is 1. The Labute approximate surface area is 203 Å². The molecule has 0 radical (unpaired) electrons. The summed E-state index contributed by atoms with van der Waals surface area (Å²) in [6, 6.07) is 6.12. The summed E-state index contributed by atoms with van der Waals surface area (Å²) in [5, 5.41) is 19.9. The SMILES string of the molecule is CC(Nc1cc(C(O)NC(C)(C)C)ccc1N(N)[C@]12CC3CC(C[C@H](C3)C1)C2)c1cncnc1. The van der Waals surface area contributed by atoms with E-state index >= 15 is 0 Å². The van der Waals surface area contributed by atoms with E-state index < -0.39 is 6.23 Å². The van der Waals surface area contributed by atoms with E-state index in [2.05, 4.69) is 59.4 Å². The fourth-order valence-electron chi connectivity index (χ4n) is 7.01. The molecular weight excluding hydrogens is 424 g/mol. The summed E-state index contributed by atoms with van der Waals surface area (Å²) in [6.45, 7) is 8.26. The molecule has 0 aliphatic heterocycles. The zero-order chi connectivity index (χ0) is 24.1. The quantitative estimate of drug-likeness (QED) is 0.268. The highest BCUT2D eigenvalue weighted by Gasteiger charge is 2.53. The molecule has 0 amide bonds. The average Bonchev–Trinajstić information content (AvgIpc) is 2.77. The van der Waals surface area contributed by atoms with Crippen molar-refractivity contribution in [3.05, 3.63) is 48.0 Å². The Morgan fingerprint density at radius 3 is 2.18 bits per heavy atom. The molecule has 4 aliphatic carbocycles. The topological polar surface area (TPSA) is 99.3 Å². The predicted octanol–water partition coefficient (Wildman–Crippen LogP) is 4.68. The molecule has 2 atom stereocenters. The van der Waals surface area contributed by atoms with Gasteiger partial charge < -0.3 is 15.4 Å². The van der Waals surface area contributed by atoms with E-state index in [-0.39, 0.29) is 17.1 Å². The lowest BCUT2D eigenvalue weighted by Crippen LogP contribution is -2.62. The van der Waals surface area contributed by atoms with Crippen LogP contribution in [0.15, 0.2) is 36.9 Å². The first-order chi connectivity index (χ1) is 16.1. The Morgan fingerprint density at radius 1 is 1.03 bits per heavy atom. The molecule has 1 aromatic carbocycles. The van der Waals surface area contributed by atoms with Crippen LogP contribution in [0.1, 0.15) is 89.6 Å². The fourth-order valence-corrected chi connectivity index (χ4v) is 7.01. The normalized spacial score (nSPS) is 29.6. The third-order valence-corrected chi connectivity index (χ3v) is 8.14. The van der Waals surface area contributed by atoms with Gasteiger partial charge in [0, 0.05) is 23.5 Å². The molecule has 7 nitrogen and oxygen atoms in total. The number of hydrazine groups is 1. The van der Waals surface area contributed by atoms with Crippen molar-refractivity contribution in [1.82, 2.24) is 15.3 Å². The van der Waals surface area contributed by atoms with Gasteiger partial charge in [-0.3, -0.25) is 5.32 Å². The van der Waals surface area contributed by atoms with Crippen molar-refractivity contribution < 1.29 is 5.11 Å². The predicted molar refractivity (Wildman–Crippen MR) is 136 cm³/mol. The van der Waals surface area contributed by atoms with E-state index in [9.17, 15) is 5.11 Å². The Morgan fingerprint density at radius 2 is 1.62 bits per heavy atom. The third-order valence-electron chi connectivity index (χ3n) is 8.14. The molecule has 6 rings (SSSR count). The maximum atomic E-state index is 10.9. The minimum Gasteiger partial charge on any atom is -0.377 e. The van der Waals surface area contributed by atoms with Crippen LogP contribution in [-0.4, -0.2) is 26.2 Å². The lowest BCUT2D eigenvalue weighted by Gasteiger charge is -2.60. The fraction of sp³-hybridized carbons (Fsp3) is 0.630. The van der Waals surface area contributed by atoms with Crippen LogP contribution in [0, 0.1) is 17.8 Å². The molecule has 2 unspecified atom stereocenters. The Bertz CT molecular complexity index is 969. The second-order valence-electron chi connectivity index (χ2n) is 12.1. The van der Waals surface area contributed by atoms with Crippen LogP contribution >= 0.6 is 0 Å². The van der Waals surface area contributed by atoms with Gasteiger partial charge in [-0.2, -0.15) is 0 Å². The lowest BCUT2D eigenvalue weighted by molar-refractivity contribution is -0.00442. The average molecular weight is 465 g/mol. The molecule has 4 aliphatic rings. The number of rotatable bonds is 7. The molecule has 5 N–H and O–H groups in total. The molecule has 0 spiro atoms. The van der Waals surface area contributed by atoms with E-state index in [1.165, 1.54) is 38.5 Å². The number of nitrogens with one attached hydrogen (secondary N) is 2. The van der Waals surface area contributed by atoms with E-state index in [1.807, 2.05) is 24.5 Å². The number of aromatic nitrogens is 2. The van der Waals surface area contributed by atoms with Gasteiger partial charge in [0.2, 0.25) is 0 Å². The molecular formula is C27H40N6O. The highest BCUT2D eigenvalue weighted by atomic mass is 16.3. The summed E-state index contributed by atoms with van der Waals surface area (Å²) in [7, 11) is 0. The first kappa shape index (κ1) is 23.5. The molecule has 4 saturated carbocycles. The summed E-state index contributed by atoms with van der Waals surface area (Å²) in [6.07, 6.45) is 12.2. The molecule has 7 heteroatoms. The number of anilines is 2. The van der Waals surface area contributed by atoms with Crippen molar-refractivity contribution in [2.45, 2.75) is 89.6 Å². The monoisotopic (exact) mass is 464 g/mol. The van der Waals surface area contributed by atoms with Gasteiger partial charge in [0.1, 0.15) is 12.6 Å². The minimum atomic E-state index is -0.768. The standard InChI is InChI=1S/C27H40N6O/c1-17(22-14-29-16-30-15-22)31-23-10-21(25(34)32-26(2,3)4)5-6-24(23)33(28)27-11-18-7-19(12-27)9-20(8-18)13-27/h5-6,10,14-20,25,31-32,34H,7-9,11-13,28H2,1-4H3/t17?,18-,19?,20?,25?,27-. The first-order valence-corrected chi connectivity index (χ1v) is 12.8. The van der Waals surface area contributed by atoms with Crippen LogP contribution in [-0.2, 0) is 0 Å². The van der Waals surface area contributed by atoms with E-state index in [4.69, 9.17) is 5.84 Å². The molecule has 0 saturated heterocycles. The van der Waals surface area contributed by atoms with Gasteiger partial charge in [-0.1, -0.05) is 6.07 Å². The highest BCUT2D eigenvalue weighted by molar-refractivity contribution is 5.72. The number of aliphatic hydroxyl groups is 1. The van der Waals surface area contributed by atoms with E-state index in [0.29, 0.717) is 0 Å². The largest absolute Gasteiger partial charge is 0.377 e. The maximum absolute atomic E-state index is 10.9. The van der Waals surface area contributed by atoms with Gasteiger partial charge in [-0.15, -0.1) is 0 Å². The second-order valence-corrected chi connectivity index (χ2v) is 12.1. The third kappa shape index (κ3) is 4.66. The van der Waals surface area contributed by atoms with Crippen molar-refractivity contribution in [2.75, 3.05) is 10.3 Å². The Kier molecular flexibility index (Phi) is 6.07. The second kappa shape index (κ2) is 8.77. The van der Waals surface area contributed by atoms with Gasteiger partial charge in [-0.25, -0.2) is 15.8 Å². The zero-order valence-electron chi connectivity index (χ0n) is 21.0. The van der Waals surface area contributed by atoms with Crippen LogP contribution in [0.5, 0.6) is 0 Å². The minimum absolute atomic E-state index is 0.00678. The summed E-state index contributed by atoms with van der Waals surface area (Å²) < 4.78 is 0. The number of aliphatic hydroxyl groups excluding tert-OH is 1. The van der Waals surface area contributed by atoms with Gasteiger partial charge >= 0.3 is 0 Å². The van der Waals surface area contributed by atoms with E-state index in [1.54, 1.807) is 6.33 Å². The Balaban J connectivity index is 1.48. The van der Waals surface area contributed by atoms with Gasteiger partial charge in [-0.05, 0) is 102 Å². The summed E-state index contributed by atoms with van der Waals surface area (Å²) >= 11 is 0. The van der Waals surface area contributed by atoms with Crippen molar-refractivity contribution in [1.29, 1.82) is 0 Å². The Hall–Kier alpha value is -2.22. The smallest absolute Gasteiger partial charge is 0.131 e. The van der Waals surface area contributed by atoms with Crippen LogP contribution in [0.2, 0.25) is 0 Å². The molecule has 4 bridgehead atoms. The number of hydrogen-bond acceptors (Lipinski definition) is 7. The maximum Gasteiger partial charge on any atom is 0.131 e. The first-order valence-electron chi connectivity index (χ1n) is 12.8. The summed E-state index contributed by atoms with van der Waals surface area (Å²) in [5.41, 5.74) is 3.58. The highest BCUT2D eigenvalue weighted by Crippen LogP contribution is 2.58. The van der Waals surface area contributed by atoms with Crippen LogP contribution in [0.25, 0.3) is 0 Å². The molecule has 4 fully saturated rings. The lowest BCUT2D eigenvalue weighted by atomic mass is 9.52. The van der Waals surface area contributed by atoms with Crippen molar-refractivity contribution in [2.24, 2.45) is 23.6 Å². The van der Waals surface area contributed by atoms with Crippen molar-refractivity contribution >= 4 is 11.4 Å². The van der Waals surface area contributed by atoms with Crippen LogP contribution < -0.4 is 21.5 Å². The van der Waals surface area contributed by atoms with Crippen molar-refractivity contribution in [3.63, 3.8) is 0 Å².